The Morgan fingerprint density at radius 1 is 1.31 bits per heavy atom. The molecule has 0 aliphatic rings. The SMILES string of the molecule is CCOCCCNc1cc(CC)nc(C)n1. The topological polar surface area (TPSA) is 47.0 Å². The number of nitrogens with one attached hydrogen (secondary N) is 1. The molecule has 1 aromatic rings. The maximum absolute atomic E-state index is 5.27. The van der Waals surface area contributed by atoms with E-state index in [1.807, 2.05) is 19.9 Å². The van der Waals surface area contributed by atoms with Crippen LogP contribution in [-0.4, -0.2) is 29.7 Å². The van der Waals surface area contributed by atoms with Gasteiger partial charge in [-0.1, -0.05) is 6.92 Å². The van der Waals surface area contributed by atoms with E-state index in [9.17, 15) is 0 Å². The first-order valence-corrected chi connectivity index (χ1v) is 5.92. The van der Waals surface area contributed by atoms with Crippen molar-refractivity contribution in [3.63, 3.8) is 0 Å². The van der Waals surface area contributed by atoms with Gasteiger partial charge in [-0.2, -0.15) is 0 Å². The van der Waals surface area contributed by atoms with E-state index < -0.39 is 0 Å². The van der Waals surface area contributed by atoms with Crippen molar-refractivity contribution in [2.75, 3.05) is 25.1 Å². The van der Waals surface area contributed by atoms with Gasteiger partial charge in [0.15, 0.2) is 0 Å². The van der Waals surface area contributed by atoms with E-state index in [0.29, 0.717) is 0 Å². The molecule has 0 bridgehead atoms. The number of nitrogens with zero attached hydrogens (tertiary/aromatic N) is 2. The van der Waals surface area contributed by atoms with Crippen LogP contribution in [0.15, 0.2) is 6.07 Å². The lowest BCUT2D eigenvalue weighted by Crippen LogP contribution is -2.08. The van der Waals surface area contributed by atoms with Crippen molar-refractivity contribution in [1.82, 2.24) is 9.97 Å². The van der Waals surface area contributed by atoms with Crippen LogP contribution >= 0.6 is 0 Å². The van der Waals surface area contributed by atoms with E-state index in [4.69, 9.17) is 4.74 Å². The lowest BCUT2D eigenvalue weighted by molar-refractivity contribution is 0.147. The van der Waals surface area contributed by atoms with Crippen LogP contribution in [0.5, 0.6) is 0 Å². The normalized spacial score (nSPS) is 10.4. The Kier molecular flexibility index (Phi) is 5.78. The Bertz CT molecular complexity index is 315. The molecule has 0 atom stereocenters. The second-order valence-corrected chi connectivity index (χ2v) is 3.62. The maximum atomic E-state index is 5.27. The minimum absolute atomic E-state index is 0.784. The zero-order chi connectivity index (χ0) is 11.8. The Labute approximate surface area is 97.5 Å². The van der Waals surface area contributed by atoms with Crippen LogP contribution in [0.3, 0.4) is 0 Å². The third-order valence-corrected chi connectivity index (χ3v) is 2.23. The summed E-state index contributed by atoms with van der Waals surface area (Å²) in [4.78, 5) is 8.67. The first-order chi connectivity index (χ1) is 7.76. The number of rotatable bonds is 7. The summed E-state index contributed by atoms with van der Waals surface area (Å²) in [5, 5.41) is 3.29. The molecule has 4 heteroatoms. The zero-order valence-corrected chi connectivity index (χ0v) is 10.4. The zero-order valence-electron chi connectivity index (χ0n) is 10.4. The van der Waals surface area contributed by atoms with Crippen LogP contribution in [-0.2, 0) is 11.2 Å². The number of aryl methyl sites for hydroxylation is 2. The fraction of sp³-hybridized carbons (Fsp3) is 0.667. The van der Waals surface area contributed by atoms with Gasteiger partial charge >= 0.3 is 0 Å². The van der Waals surface area contributed by atoms with Crippen LogP contribution in [0.1, 0.15) is 31.8 Å². The molecule has 0 unspecified atom stereocenters. The third kappa shape index (κ3) is 4.57. The van der Waals surface area contributed by atoms with Crippen molar-refractivity contribution in [1.29, 1.82) is 0 Å². The second-order valence-electron chi connectivity index (χ2n) is 3.62. The Hall–Kier alpha value is -1.16. The first-order valence-electron chi connectivity index (χ1n) is 5.92. The third-order valence-electron chi connectivity index (χ3n) is 2.23. The molecule has 0 aliphatic carbocycles. The highest BCUT2D eigenvalue weighted by Gasteiger charge is 1.99. The van der Waals surface area contributed by atoms with Gasteiger partial charge in [0.1, 0.15) is 11.6 Å². The average Bonchev–Trinajstić information content (AvgIpc) is 2.28. The van der Waals surface area contributed by atoms with Gasteiger partial charge in [0.25, 0.3) is 0 Å². The minimum atomic E-state index is 0.784. The summed E-state index contributed by atoms with van der Waals surface area (Å²) in [6.07, 6.45) is 1.94. The average molecular weight is 223 g/mol. The molecule has 1 aromatic heterocycles. The molecule has 16 heavy (non-hydrogen) atoms. The fourth-order valence-electron chi connectivity index (χ4n) is 1.44. The molecule has 0 amide bonds. The molecule has 1 heterocycles. The fourth-order valence-corrected chi connectivity index (χ4v) is 1.44. The summed E-state index contributed by atoms with van der Waals surface area (Å²) in [7, 11) is 0. The largest absolute Gasteiger partial charge is 0.382 e. The van der Waals surface area contributed by atoms with Gasteiger partial charge in [-0.05, 0) is 26.7 Å². The molecule has 1 rings (SSSR count). The molecule has 0 radical (unpaired) electrons. The van der Waals surface area contributed by atoms with Crippen LogP contribution in [0.25, 0.3) is 0 Å². The predicted molar refractivity (Wildman–Crippen MR) is 65.7 cm³/mol. The number of anilines is 1. The van der Waals surface area contributed by atoms with Crippen LogP contribution in [0.2, 0.25) is 0 Å². The van der Waals surface area contributed by atoms with E-state index >= 15 is 0 Å². The maximum Gasteiger partial charge on any atom is 0.129 e. The lowest BCUT2D eigenvalue weighted by Gasteiger charge is -2.07. The molecule has 0 spiro atoms. The molecular formula is C12H21N3O. The standard InChI is InChI=1S/C12H21N3O/c1-4-11-9-12(15-10(3)14-11)13-7-6-8-16-5-2/h9H,4-8H2,1-3H3,(H,13,14,15). The molecule has 4 nitrogen and oxygen atoms in total. The summed E-state index contributed by atoms with van der Waals surface area (Å²) >= 11 is 0. The van der Waals surface area contributed by atoms with E-state index in [1.165, 1.54) is 0 Å². The Morgan fingerprint density at radius 2 is 2.12 bits per heavy atom. The van der Waals surface area contributed by atoms with E-state index in [0.717, 1.165) is 49.9 Å². The van der Waals surface area contributed by atoms with Gasteiger partial charge in [-0.3, -0.25) is 0 Å². The van der Waals surface area contributed by atoms with Gasteiger partial charge in [-0.15, -0.1) is 0 Å². The van der Waals surface area contributed by atoms with Crippen LogP contribution < -0.4 is 5.32 Å². The number of hydrogen-bond acceptors (Lipinski definition) is 4. The van der Waals surface area contributed by atoms with Crippen molar-refractivity contribution in [2.24, 2.45) is 0 Å². The monoisotopic (exact) mass is 223 g/mol. The molecule has 0 fully saturated rings. The van der Waals surface area contributed by atoms with E-state index in [-0.39, 0.29) is 0 Å². The first kappa shape index (κ1) is 12.9. The van der Waals surface area contributed by atoms with Crippen molar-refractivity contribution in [3.8, 4) is 0 Å². The summed E-state index contributed by atoms with van der Waals surface area (Å²) < 4.78 is 5.27. The van der Waals surface area contributed by atoms with Crippen LogP contribution in [0, 0.1) is 6.92 Å². The predicted octanol–water partition coefficient (Wildman–Crippen LogP) is 2.19. The van der Waals surface area contributed by atoms with Crippen LogP contribution in [0.4, 0.5) is 5.82 Å². The minimum Gasteiger partial charge on any atom is -0.382 e. The number of aromatic nitrogens is 2. The number of hydrogen-bond donors (Lipinski definition) is 1. The summed E-state index contributed by atoms with van der Waals surface area (Å²) in [6.45, 7) is 8.50. The van der Waals surface area contributed by atoms with Gasteiger partial charge in [-0.25, -0.2) is 9.97 Å². The number of ether oxygens (including phenoxy) is 1. The molecule has 0 saturated carbocycles. The molecule has 0 aliphatic heterocycles. The van der Waals surface area contributed by atoms with E-state index in [1.54, 1.807) is 0 Å². The highest BCUT2D eigenvalue weighted by molar-refractivity contribution is 5.35. The molecule has 0 aromatic carbocycles. The van der Waals surface area contributed by atoms with E-state index in [2.05, 4.69) is 22.2 Å². The van der Waals surface area contributed by atoms with Crippen molar-refractivity contribution in [2.45, 2.75) is 33.6 Å². The summed E-state index contributed by atoms with van der Waals surface area (Å²) in [5.74, 6) is 1.74. The quantitative estimate of drug-likeness (QED) is 0.720. The smallest absolute Gasteiger partial charge is 0.129 e. The Morgan fingerprint density at radius 3 is 2.81 bits per heavy atom. The molecule has 90 valence electrons. The van der Waals surface area contributed by atoms with Crippen molar-refractivity contribution in [3.05, 3.63) is 17.6 Å². The molecule has 0 saturated heterocycles. The van der Waals surface area contributed by atoms with Gasteiger partial charge in [0.05, 0.1) is 0 Å². The highest BCUT2D eigenvalue weighted by atomic mass is 16.5. The lowest BCUT2D eigenvalue weighted by atomic mass is 10.3. The van der Waals surface area contributed by atoms with Gasteiger partial charge < -0.3 is 10.1 Å². The van der Waals surface area contributed by atoms with Gasteiger partial charge in [0, 0.05) is 31.5 Å². The molecular weight excluding hydrogens is 202 g/mol. The van der Waals surface area contributed by atoms with Crippen molar-refractivity contribution >= 4 is 5.82 Å². The van der Waals surface area contributed by atoms with Gasteiger partial charge in [0.2, 0.25) is 0 Å². The Balaban J connectivity index is 2.38. The van der Waals surface area contributed by atoms with Crippen molar-refractivity contribution < 1.29 is 4.74 Å². The summed E-state index contributed by atoms with van der Waals surface area (Å²) in [6, 6.07) is 2.01. The molecule has 1 N–H and O–H groups in total. The highest BCUT2D eigenvalue weighted by Crippen LogP contribution is 2.06. The summed E-state index contributed by atoms with van der Waals surface area (Å²) in [5.41, 5.74) is 1.08. The second kappa shape index (κ2) is 7.17.